The number of methoxy groups -OCH3 is 1. The van der Waals surface area contributed by atoms with Gasteiger partial charge in [-0.05, 0) is 44.6 Å². The SMILES string of the molecule is COC1(C(=O)c2ccc(C)cc2C)CCCC(C)C1. The molecule has 2 heteroatoms. The molecular weight excluding hydrogens is 236 g/mol. The standard InChI is InChI=1S/C17H24O2/c1-12-7-8-15(14(3)10-12)16(18)17(19-4)9-5-6-13(2)11-17/h7-8,10,13H,5-6,9,11H2,1-4H3. The Morgan fingerprint density at radius 3 is 2.68 bits per heavy atom. The van der Waals surface area contributed by atoms with E-state index in [4.69, 9.17) is 4.74 Å². The number of hydrogen-bond donors (Lipinski definition) is 0. The van der Waals surface area contributed by atoms with E-state index in [1.807, 2.05) is 19.1 Å². The third kappa shape index (κ3) is 2.74. The summed E-state index contributed by atoms with van der Waals surface area (Å²) >= 11 is 0. The Kier molecular flexibility index (Phi) is 4.10. The lowest BCUT2D eigenvalue weighted by molar-refractivity contribution is -0.0303. The molecule has 1 aliphatic rings. The number of Topliss-reactive ketones (excluding diaryl/α,β-unsaturated/α-hetero) is 1. The van der Waals surface area contributed by atoms with Gasteiger partial charge >= 0.3 is 0 Å². The van der Waals surface area contributed by atoms with E-state index in [2.05, 4.69) is 19.9 Å². The number of aryl methyl sites for hydroxylation is 2. The van der Waals surface area contributed by atoms with Crippen molar-refractivity contribution in [2.45, 2.75) is 52.1 Å². The molecule has 0 spiro atoms. The zero-order valence-electron chi connectivity index (χ0n) is 12.5. The van der Waals surface area contributed by atoms with Gasteiger partial charge in [0.05, 0.1) is 0 Å². The molecule has 2 rings (SSSR count). The summed E-state index contributed by atoms with van der Waals surface area (Å²) in [4.78, 5) is 12.9. The predicted molar refractivity (Wildman–Crippen MR) is 77.6 cm³/mol. The zero-order chi connectivity index (χ0) is 14.0. The van der Waals surface area contributed by atoms with Crippen molar-refractivity contribution in [1.82, 2.24) is 0 Å². The van der Waals surface area contributed by atoms with Crippen molar-refractivity contribution in [2.75, 3.05) is 7.11 Å². The number of carbonyl (C=O) groups excluding carboxylic acids is 1. The van der Waals surface area contributed by atoms with Crippen molar-refractivity contribution >= 4 is 5.78 Å². The maximum atomic E-state index is 12.9. The highest BCUT2D eigenvalue weighted by atomic mass is 16.5. The number of ketones is 1. The van der Waals surface area contributed by atoms with Gasteiger partial charge in [-0.15, -0.1) is 0 Å². The van der Waals surface area contributed by atoms with Crippen molar-refractivity contribution in [3.8, 4) is 0 Å². The Morgan fingerprint density at radius 2 is 2.11 bits per heavy atom. The van der Waals surface area contributed by atoms with E-state index in [9.17, 15) is 4.79 Å². The van der Waals surface area contributed by atoms with Crippen LogP contribution in [0.3, 0.4) is 0 Å². The van der Waals surface area contributed by atoms with Crippen LogP contribution in [0, 0.1) is 19.8 Å². The first-order valence-corrected chi connectivity index (χ1v) is 7.16. The summed E-state index contributed by atoms with van der Waals surface area (Å²) in [6.45, 7) is 6.27. The molecule has 2 nitrogen and oxygen atoms in total. The fourth-order valence-electron chi connectivity index (χ4n) is 3.30. The monoisotopic (exact) mass is 260 g/mol. The fraction of sp³-hybridized carbons (Fsp3) is 0.588. The van der Waals surface area contributed by atoms with Crippen LogP contribution in [0.25, 0.3) is 0 Å². The van der Waals surface area contributed by atoms with Crippen LogP contribution < -0.4 is 0 Å². The molecule has 1 saturated carbocycles. The van der Waals surface area contributed by atoms with Crippen LogP contribution in [0.2, 0.25) is 0 Å². The summed E-state index contributed by atoms with van der Waals surface area (Å²) < 4.78 is 5.70. The summed E-state index contributed by atoms with van der Waals surface area (Å²) in [5, 5.41) is 0. The van der Waals surface area contributed by atoms with Crippen molar-refractivity contribution in [2.24, 2.45) is 5.92 Å². The van der Waals surface area contributed by atoms with Gasteiger partial charge in [-0.2, -0.15) is 0 Å². The van der Waals surface area contributed by atoms with Crippen molar-refractivity contribution < 1.29 is 9.53 Å². The van der Waals surface area contributed by atoms with Crippen molar-refractivity contribution in [1.29, 1.82) is 0 Å². The molecule has 0 N–H and O–H groups in total. The van der Waals surface area contributed by atoms with Gasteiger partial charge in [0.2, 0.25) is 0 Å². The zero-order valence-corrected chi connectivity index (χ0v) is 12.5. The highest BCUT2D eigenvalue weighted by molar-refractivity contribution is 6.03. The van der Waals surface area contributed by atoms with E-state index in [1.54, 1.807) is 7.11 Å². The van der Waals surface area contributed by atoms with E-state index in [0.29, 0.717) is 5.92 Å². The summed E-state index contributed by atoms with van der Waals surface area (Å²) in [6, 6.07) is 6.03. The molecule has 104 valence electrons. The normalized spacial score (nSPS) is 27.3. The lowest BCUT2D eigenvalue weighted by atomic mass is 9.74. The highest BCUT2D eigenvalue weighted by Crippen LogP contribution is 2.37. The third-order valence-electron chi connectivity index (χ3n) is 4.39. The molecule has 2 atom stereocenters. The number of benzene rings is 1. The van der Waals surface area contributed by atoms with Gasteiger partial charge in [0.25, 0.3) is 0 Å². The highest BCUT2D eigenvalue weighted by Gasteiger charge is 2.42. The van der Waals surface area contributed by atoms with Crippen LogP contribution in [0.4, 0.5) is 0 Å². The minimum Gasteiger partial charge on any atom is -0.370 e. The van der Waals surface area contributed by atoms with Crippen LogP contribution >= 0.6 is 0 Å². The maximum Gasteiger partial charge on any atom is 0.194 e. The minimum atomic E-state index is -0.600. The molecule has 1 fully saturated rings. The topological polar surface area (TPSA) is 26.3 Å². The maximum absolute atomic E-state index is 12.9. The molecule has 0 bridgehead atoms. The molecule has 0 saturated heterocycles. The molecule has 1 aromatic rings. The molecule has 0 aliphatic heterocycles. The van der Waals surface area contributed by atoms with E-state index in [1.165, 1.54) is 12.0 Å². The van der Waals surface area contributed by atoms with E-state index >= 15 is 0 Å². The molecule has 1 aromatic carbocycles. The van der Waals surface area contributed by atoms with Crippen molar-refractivity contribution in [3.63, 3.8) is 0 Å². The molecule has 0 heterocycles. The van der Waals surface area contributed by atoms with Gasteiger partial charge in [0.15, 0.2) is 5.78 Å². The van der Waals surface area contributed by atoms with Gasteiger partial charge in [-0.3, -0.25) is 4.79 Å². The van der Waals surface area contributed by atoms with Gasteiger partial charge in [0.1, 0.15) is 5.60 Å². The molecule has 1 aliphatic carbocycles. The first-order chi connectivity index (χ1) is 8.98. The predicted octanol–water partition coefficient (Wildman–Crippen LogP) is 4.08. The molecular formula is C17H24O2. The molecule has 0 radical (unpaired) electrons. The second-order valence-corrected chi connectivity index (χ2v) is 6.05. The quantitative estimate of drug-likeness (QED) is 0.765. The van der Waals surface area contributed by atoms with E-state index in [-0.39, 0.29) is 5.78 Å². The van der Waals surface area contributed by atoms with Crippen LogP contribution in [0.15, 0.2) is 18.2 Å². The van der Waals surface area contributed by atoms with Gasteiger partial charge in [-0.1, -0.05) is 37.1 Å². The average molecular weight is 260 g/mol. The Labute approximate surface area is 116 Å². The molecule has 2 unspecified atom stereocenters. The minimum absolute atomic E-state index is 0.166. The Morgan fingerprint density at radius 1 is 1.37 bits per heavy atom. The molecule has 0 amide bonds. The first-order valence-electron chi connectivity index (χ1n) is 7.16. The third-order valence-corrected chi connectivity index (χ3v) is 4.39. The number of carbonyl (C=O) groups is 1. The van der Waals surface area contributed by atoms with Gasteiger partial charge < -0.3 is 4.74 Å². The van der Waals surface area contributed by atoms with Crippen LogP contribution in [0.1, 0.15) is 54.1 Å². The van der Waals surface area contributed by atoms with Crippen LogP contribution in [-0.2, 0) is 4.74 Å². The van der Waals surface area contributed by atoms with Gasteiger partial charge in [-0.25, -0.2) is 0 Å². The largest absolute Gasteiger partial charge is 0.370 e. The number of rotatable bonds is 3. The summed E-state index contributed by atoms with van der Waals surface area (Å²) in [5.41, 5.74) is 2.47. The number of hydrogen-bond acceptors (Lipinski definition) is 2. The molecule has 0 aromatic heterocycles. The Balaban J connectivity index is 2.35. The summed E-state index contributed by atoms with van der Waals surface area (Å²) in [5.74, 6) is 0.724. The second kappa shape index (κ2) is 5.46. The van der Waals surface area contributed by atoms with E-state index in [0.717, 1.165) is 30.4 Å². The number of ether oxygens (including phenoxy) is 1. The van der Waals surface area contributed by atoms with Crippen LogP contribution in [0.5, 0.6) is 0 Å². The van der Waals surface area contributed by atoms with Crippen LogP contribution in [-0.4, -0.2) is 18.5 Å². The summed E-state index contributed by atoms with van der Waals surface area (Å²) in [6.07, 6.45) is 3.96. The molecule has 19 heavy (non-hydrogen) atoms. The van der Waals surface area contributed by atoms with Gasteiger partial charge in [0, 0.05) is 12.7 Å². The van der Waals surface area contributed by atoms with Crippen molar-refractivity contribution in [3.05, 3.63) is 34.9 Å². The van der Waals surface area contributed by atoms with E-state index < -0.39 is 5.60 Å². The Bertz CT molecular complexity index is 478. The smallest absolute Gasteiger partial charge is 0.194 e. The summed E-state index contributed by atoms with van der Waals surface area (Å²) in [7, 11) is 1.68. The average Bonchev–Trinajstić information content (AvgIpc) is 2.38. The Hall–Kier alpha value is -1.15. The second-order valence-electron chi connectivity index (χ2n) is 6.05. The lowest BCUT2D eigenvalue weighted by Crippen LogP contribution is -2.44. The first kappa shape index (κ1) is 14.3. The lowest BCUT2D eigenvalue weighted by Gasteiger charge is -2.37. The fourth-order valence-corrected chi connectivity index (χ4v) is 3.30.